The van der Waals surface area contributed by atoms with E-state index in [0.717, 1.165) is 0 Å². The fraction of sp³-hybridized carbons (Fsp3) is 0.250. The smallest absolute Gasteiger partial charge is 0.358 e. The number of nitrogens with one attached hydrogen (secondary N) is 1. The van der Waals surface area contributed by atoms with Crippen LogP contribution in [-0.4, -0.2) is 16.7 Å². The van der Waals surface area contributed by atoms with Crippen LogP contribution in [0.15, 0.2) is 0 Å². The van der Waals surface area contributed by atoms with E-state index < -0.39 is 5.97 Å². The molecule has 0 aromatic heterocycles. The molecule has 0 aromatic carbocycles. The predicted molar refractivity (Wildman–Crippen MR) is 31.0 cm³/mol. The maximum atomic E-state index is 10.3. The van der Waals surface area contributed by atoms with Gasteiger partial charge in [0, 0.05) is 0 Å². The third-order valence-electron chi connectivity index (χ3n) is 0.774. The number of carbonyl (C=O) groups is 1. The Morgan fingerprint density at radius 2 is 2.38 bits per heavy atom. The summed E-state index contributed by atoms with van der Waals surface area (Å²) in [5.74, 6) is -0.602. The lowest BCUT2D eigenvalue weighted by Crippen LogP contribution is -2.02. The van der Waals surface area contributed by atoms with Crippen molar-refractivity contribution >= 4 is 28.9 Å². The molecule has 4 heteroatoms. The van der Waals surface area contributed by atoms with Crippen molar-refractivity contribution in [3.63, 3.8) is 0 Å². The van der Waals surface area contributed by atoms with Gasteiger partial charge in [-0.15, -0.1) is 0 Å². The summed E-state index contributed by atoms with van der Waals surface area (Å²) in [6.45, 7) is 0. The minimum Gasteiger partial charge on any atom is -0.414 e. The molecule has 0 aliphatic carbocycles. The number of cyclic esters (lactones) is 1. The van der Waals surface area contributed by atoms with E-state index in [2.05, 4.69) is 17.0 Å². The zero-order valence-corrected chi connectivity index (χ0v) is 4.75. The van der Waals surface area contributed by atoms with Crippen molar-refractivity contribution in [1.82, 2.24) is 0 Å². The van der Waals surface area contributed by atoms with Gasteiger partial charge in [0.25, 0.3) is 0 Å². The van der Waals surface area contributed by atoms with Crippen molar-refractivity contribution in [2.24, 2.45) is 0 Å². The van der Waals surface area contributed by atoms with Crippen molar-refractivity contribution in [2.75, 3.05) is 0 Å². The van der Waals surface area contributed by atoms with Crippen LogP contribution in [0.2, 0.25) is 0 Å². The fourth-order valence-electron chi connectivity index (χ4n) is 0.418. The van der Waals surface area contributed by atoms with E-state index in [1.54, 1.807) is 0 Å². The Hall–Kier alpha value is -0.770. The van der Waals surface area contributed by atoms with Crippen LogP contribution in [0.4, 0.5) is 0 Å². The Bertz CT molecular complexity index is 157. The first-order valence-corrected chi connectivity index (χ1v) is 2.43. The van der Waals surface area contributed by atoms with Gasteiger partial charge >= 0.3 is 5.97 Å². The lowest BCUT2D eigenvalue weighted by molar-refractivity contribution is -0.126. The summed E-state index contributed by atoms with van der Waals surface area (Å²) in [7, 11) is 0. The van der Waals surface area contributed by atoms with Crippen molar-refractivity contribution < 1.29 is 9.53 Å². The maximum absolute atomic E-state index is 10.3. The highest BCUT2D eigenvalue weighted by atomic mass is 32.1. The lowest BCUT2D eigenvalue weighted by Gasteiger charge is -1.82. The third-order valence-corrected chi connectivity index (χ3v) is 1.00. The SMILES string of the molecule is N=C1CC(=S)OC1=O. The largest absolute Gasteiger partial charge is 0.414 e. The number of esters is 1. The lowest BCUT2D eigenvalue weighted by atomic mass is 10.3. The zero-order valence-electron chi connectivity index (χ0n) is 3.93. The summed E-state index contributed by atoms with van der Waals surface area (Å²) in [4.78, 5) is 10.3. The van der Waals surface area contributed by atoms with Crippen LogP contribution in [0.1, 0.15) is 6.42 Å². The van der Waals surface area contributed by atoms with Crippen LogP contribution in [-0.2, 0) is 9.53 Å². The van der Waals surface area contributed by atoms with Crippen LogP contribution < -0.4 is 0 Å². The maximum Gasteiger partial charge on any atom is 0.358 e. The van der Waals surface area contributed by atoms with E-state index in [1.165, 1.54) is 0 Å². The molecule has 0 atom stereocenters. The molecule has 1 N–H and O–H groups in total. The van der Waals surface area contributed by atoms with Gasteiger partial charge in [0.15, 0.2) is 5.05 Å². The second-order valence-electron chi connectivity index (χ2n) is 1.42. The molecule has 0 saturated carbocycles. The van der Waals surface area contributed by atoms with Crippen LogP contribution in [0, 0.1) is 5.41 Å². The molecule has 0 amide bonds. The number of carbonyl (C=O) groups excluding carboxylic acids is 1. The van der Waals surface area contributed by atoms with Gasteiger partial charge in [-0.3, -0.25) is 5.41 Å². The number of hydrogen-bond acceptors (Lipinski definition) is 4. The van der Waals surface area contributed by atoms with Gasteiger partial charge in [0.1, 0.15) is 5.71 Å². The molecule has 3 nitrogen and oxygen atoms in total. The Balaban J connectivity index is 2.79. The Labute approximate surface area is 51.1 Å². The number of hydrogen-bond donors (Lipinski definition) is 1. The second kappa shape index (κ2) is 1.63. The van der Waals surface area contributed by atoms with Gasteiger partial charge < -0.3 is 4.74 Å². The van der Waals surface area contributed by atoms with Gasteiger partial charge in [-0.05, 0) is 12.2 Å². The minimum atomic E-state index is -0.602. The summed E-state index contributed by atoms with van der Waals surface area (Å²) in [5, 5.41) is 7.03. The molecule has 1 saturated heterocycles. The van der Waals surface area contributed by atoms with Gasteiger partial charge in [0.05, 0.1) is 6.42 Å². The van der Waals surface area contributed by atoms with Crippen molar-refractivity contribution in [3.8, 4) is 0 Å². The molecule has 0 spiro atoms. The minimum absolute atomic E-state index is 0.0463. The fourth-order valence-corrected chi connectivity index (χ4v) is 0.638. The van der Waals surface area contributed by atoms with Crippen LogP contribution >= 0.6 is 12.2 Å². The summed E-state index contributed by atoms with van der Waals surface area (Å²) in [5.41, 5.74) is -0.0463. The van der Waals surface area contributed by atoms with Gasteiger partial charge in [-0.1, -0.05) is 0 Å². The van der Waals surface area contributed by atoms with Crippen LogP contribution in [0.5, 0.6) is 0 Å². The Kier molecular flexibility index (Phi) is 1.09. The first kappa shape index (κ1) is 5.37. The molecule has 0 unspecified atom stereocenters. The topological polar surface area (TPSA) is 50.1 Å². The highest BCUT2D eigenvalue weighted by Gasteiger charge is 2.23. The average molecular weight is 129 g/mol. The molecule has 1 heterocycles. The quantitative estimate of drug-likeness (QED) is 0.377. The predicted octanol–water partition coefficient (Wildman–Crippen LogP) is 0.280. The van der Waals surface area contributed by atoms with Crippen LogP contribution in [0.3, 0.4) is 0 Å². The van der Waals surface area contributed by atoms with E-state index >= 15 is 0 Å². The van der Waals surface area contributed by atoms with Crippen molar-refractivity contribution in [3.05, 3.63) is 0 Å². The molecule has 1 aliphatic heterocycles. The van der Waals surface area contributed by atoms with E-state index in [4.69, 9.17) is 5.41 Å². The van der Waals surface area contributed by atoms with Crippen LogP contribution in [0.25, 0.3) is 0 Å². The van der Waals surface area contributed by atoms with E-state index in [9.17, 15) is 4.79 Å². The van der Waals surface area contributed by atoms with E-state index in [1.807, 2.05) is 0 Å². The molecular weight excluding hydrogens is 126 g/mol. The summed E-state index contributed by atoms with van der Waals surface area (Å²) >= 11 is 4.49. The zero-order chi connectivity index (χ0) is 6.15. The van der Waals surface area contributed by atoms with Crippen molar-refractivity contribution in [2.45, 2.75) is 6.42 Å². The normalized spacial score (nSPS) is 19.2. The molecule has 0 bridgehead atoms. The number of rotatable bonds is 0. The Morgan fingerprint density at radius 1 is 1.75 bits per heavy atom. The Morgan fingerprint density at radius 3 is 2.50 bits per heavy atom. The number of thiocarbonyl (C=S) groups is 1. The van der Waals surface area contributed by atoms with Gasteiger partial charge in [0.2, 0.25) is 0 Å². The number of ether oxygens (including phenoxy) is 1. The van der Waals surface area contributed by atoms with Gasteiger partial charge in [-0.25, -0.2) is 4.79 Å². The van der Waals surface area contributed by atoms with Gasteiger partial charge in [-0.2, -0.15) is 0 Å². The highest BCUT2D eigenvalue weighted by molar-refractivity contribution is 7.80. The van der Waals surface area contributed by atoms with E-state index in [0.29, 0.717) is 0 Å². The molecule has 0 aromatic rings. The summed E-state index contributed by atoms with van der Waals surface area (Å²) in [6.07, 6.45) is 0.203. The second-order valence-corrected chi connectivity index (χ2v) is 1.87. The molecular formula is C4H3NO2S. The molecule has 1 aliphatic rings. The molecule has 42 valence electrons. The third kappa shape index (κ3) is 0.742. The van der Waals surface area contributed by atoms with Crippen molar-refractivity contribution in [1.29, 1.82) is 5.41 Å². The first-order valence-electron chi connectivity index (χ1n) is 2.02. The molecule has 8 heavy (non-hydrogen) atoms. The summed E-state index contributed by atoms with van der Waals surface area (Å²) < 4.78 is 4.34. The average Bonchev–Trinajstić information content (AvgIpc) is 1.85. The standard InChI is InChI=1S/C4H3NO2S/c5-2-1-3(8)7-4(2)6/h5H,1H2. The molecule has 1 rings (SSSR count). The first-order chi connectivity index (χ1) is 3.70. The highest BCUT2D eigenvalue weighted by Crippen LogP contribution is 2.03. The molecule has 1 fully saturated rings. The van der Waals surface area contributed by atoms with E-state index in [-0.39, 0.29) is 17.2 Å². The molecule has 0 radical (unpaired) electrons. The monoisotopic (exact) mass is 129 g/mol. The summed E-state index contributed by atoms with van der Waals surface area (Å²) in [6, 6.07) is 0.